The highest BCUT2D eigenvalue weighted by Crippen LogP contribution is 2.44. The number of nitrogens with zero attached hydrogens (tertiary/aromatic N) is 3. The maximum atomic E-state index is 13.6. The molecule has 0 bridgehead atoms. The van der Waals surface area contributed by atoms with Gasteiger partial charge in [-0.05, 0) is 113 Å². The molecule has 0 atom stereocenters. The molecule has 222 valence electrons. The summed E-state index contributed by atoms with van der Waals surface area (Å²) in [5.74, 6) is -0.489. The second kappa shape index (κ2) is 12.3. The van der Waals surface area contributed by atoms with E-state index >= 15 is 0 Å². The highest BCUT2D eigenvalue weighted by atomic mass is 19.4. The van der Waals surface area contributed by atoms with Gasteiger partial charge in [-0.25, -0.2) is 0 Å². The summed E-state index contributed by atoms with van der Waals surface area (Å²) in [6.07, 6.45) is 2.34. The van der Waals surface area contributed by atoms with E-state index in [4.69, 9.17) is 0 Å². The highest BCUT2D eigenvalue weighted by Gasteiger charge is 2.49. The minimum atomic E-state index is -4.77. The van der Waals surface area contributed by atoms with Crippen LogP contribution in [0.2, 0.25) is 0 Å². The Balaban J connectivity index is 0.000000610. The van der Waals surface area contributed by atoms with E-state index in [1.54, 1.807) is 4.90 Å². The number of benzene rings is 2. The zero-order valence-corrected chi connectivity index (χ0v) is 23.6. The SMILES string of the molecule is C1CCNC1.Cc1cc(N2CCCC2)ccc1N1CCC2(CCN(C(=O)c3ccc(OC(F)(F)F)cc3)CC2)C1=O. The lowest BCUT2D eigenvalue weighted by molar-refractivity contribution is -0.274. The highest BCUT2D eigenvalue weighted by molar-refractivity contribution is 6.01. The predicted octanol–water partition coefficient (Wildman–Crippen LogP) is 5.52. The van der Waals surface area contributed by atoms with Crippen molar-refractivity contribution in [3.8, 4) is 5.75 Å². The summed E-state index contributed by atoms with van der Waals surface area (Å²) in [5.41, 5.74) is 3.09. The average molecular weight is 573 g/mol. The molecule has 4 heterocycles. The van der Waals surface area contributed by atoms with Crippen LogP contribution in [0.1, 0.15) is 60.9 Å². The van der Waals surface area contributed by atoms with Gasteiger partial charge in [0.25, 0.3) is 5.91 Å². The number of carbonyl (C=O) groups excluding carboxylic acids is 2. The Labute approximate surface area is 239 Å². The van der Waals surface area contributed by atoms with Crippen molar-refractivity contribution < 1.29 is 27.5 Å². The zero-order valence-electron chi connectivity index (χ0n) is 23.6. The van der Waals surface area contributed by atoms with Gasteiger partial charge in [0.1, 0.15) is 5.75 Å². The normalized spacial score (nSPS) is 20.4. The number of alkyl halides is 3. The first kappa shape index (κ1) is 29.2. The van der Waals surface area contributed by atoms with Crippen molar-refractivity contribution in [1.29, 1.82) is 0 Å². The number of hydrogen-bond donors (Lipinski definition) is 1. The summed E-state index contributed by atoms with van der Waals surface area (Å²) in [6, 6.07) is 11.3. The van der Waals surface area contributed by atoms with Crippen LogP contribution in [-0.2, 0) is 4.79 Å². The van der Waals surface area contributed by atoms with Crippen LogP contribution in [0.5, 0.6) is 5.75 Å². The van der Waals surface area contributed by atoms with E-state index in [2.05, 4.69) is 40.1 Å². The largest absolute Gasteiger partial charge is 0.573 e. The van der Waals surface area contributed by atoms with E-state index in [0.717, 1.165) is 42.9 Å². The van der Waals surface area contributed by atoms with Crippen LogP contribution in [0.15, 0.2) is 42.5 Å². The first-order chi connectivity index (χ1) is 19.7. The van der Waals surface area contributed by atoms with E-state index in [1.807, 2.05) is 4.90 Å². The van der Waals surface area contributed by atoms with Gasteiger partial charge in [0.2, 0.25) is 5.91 Å². The summed E-state index contributed by atoms with van der Waals surface area (Å²) in [7, 11) is 0. The van der Waals surface area contributed by atoms with Crippen molar-refractivity contribution >= 4 is 23.2 Å². The lowest BCUT2D eigenvalue weighted by Gasteiger charge is -2.38. The summed E-state index contributed by atoms with van der Waals surface area (Å²) in [4.78, 5) is 32.5. The van der Waals surface area contributed by atoms with E-state index in [1.165, 1.54) is 56.6 Å². The number of hydrogen-bond acceptors (Lipinski definition) is 5. The molecule has 2 aromatic rings. The van der Waals surface area contributed by atoms with Gasteiger partial charge in [0.15, 0.2) is 0 Å². The average Bonchev–Trinajstić information content (AvgIpc) is 3.75. The molecule has 0 saturated carbocycles. The van der Waals surface area contributed by atoms with Crippen LogP contribution in [0.4, 0.5) is 24.5 Å². The zero-order chi connectivity index (χ0) is 29.0. The summed E-state index contributed by atoms with van der Waals surface area (Å²) in [6.45, 7) is 8.24. The molecular formula is C31H39F3N4O3. The topological polar surface area (TPSA) is 65.1 Å². The Morgan fingerprint density at radius 3 is 2.07 bits per heavy atom. The molecule has 6 rings (SSSR count). The molecule has 41 heavy (non-hydrogen) atoms. The number of likely N-dealkylation sites (tertiary alicyclic amines) is 1. The molecule has 0 aromatic heterocycles. The molecule has 0 aliphatic carbocycles. The molecule has 10 heteroatoms. The van der Waals surface area contributed by atoms with E-state index < -0.39 is 11.8 Å². The van der Waals surface area contributed by atoms with Crippen molar-refractivity contribution in [2.24, 2.45) is 5.41 Å². The minimum Gasteiger partial charge on any atom is -0.406 e. The fraction of sp³-hybridized carbons (Fsp3) is 0.548. The van der Waals surface area contributed by atoms with Gasteiger partial charge in [-0.1, -0.05) is 0 Å². The molecule has 2 amide bonds. The van der Waals surface area contributed by atoms with Crippen LogP contribution in [0.25, 0.3) is 0 Å². The molecule has 1 spiro atoms. The monoisotopic (exact) mass is 572 g/mol. The second-order valence-corrected chi connectivity index (χ2v) is 11.5. The van der Waals surface area contributed by atoms with Crippen LogP contribution in [0, 0.1) is 12.3 Å². The number of aryl methyl sites for hydroxylation is 1. The van der Waals surface area contributed by atoms with Crippen LogP contribution in [-0.4, -0.2) is 68.9 Å². The van der Waals surface area contributed by atoms with Gasteiger partial charge < -0.3 is 24.8 Å². The van der Waals surface area contributed by atoms with Crippen molar-refractivity contribution in [2.45, 2.75) is 58.2 Å². The number of ether oxygens (including phenoxy) is 1. The van der Waals surface area contributed by atoms with Crippen LogP contribution < -0.4 is 19.9 Å². The first-order valence-corrected chi connectivity index (χ1v) is 14.7. The lowest BCUT2D eigenvalue weighted by Crippen LogP contribution is -2.46. The Bertz CT molecular complexity index is 1210. The number of carbonyl (C=O) groups is 2. The number of nitrogens with one attached hydrogen (secondary N) is 1. The van der Waals surface area contributed by atoms with E-state index in [9.17, 15) is 22.8 Å². The van der Waals surface area contributed by atoms with E-state index in [0.29, 0.717) is 38.0 Å². The number of anilines is 2. The molecule has 7 nitrogen and oxygen atoms in total. The molecule has 0 unspecified atom stereocenters. The van der Waals surface area contributed by atoms with Gasteiger partial charge in [0.05, 0.1) is 5.41 Å². The molecule has 1 N–H and O–H groups in total. The number of amides is 2. The van der Waals surface area contributed by atoms with Gasteiger partial charge in [-0.2, -0.15) is 0 Å². The van der Waals surface area contributed by atoms with E-state index in [-0.39, 0.29) is 17.6 Å². The maximum Gasteiger partial charge on any atom is 0.573 e. The third-order valence-electron chi connectivity index (χ3n) is 8.75. The van der Waals surface area contributed by atoms with Crippen LogP contribution in [0.3, 0.4) is 0 Å². The van der Waals surface area contributed by atoms with Crippen molar-refractivity contribution in [2.75, 3.05) is 55.6 Å². The van der Waals surface area contributed by atoms with Crippen molar-refractivity contribution in [3.63, 3.8) is 0 Å². The third kappa shape index (κ3) is 6.80. The number of halogens is 3. The molecule has 2 aromatic carbocycles. The molecule has 4 fully saturated rings. The summed E-state index contributed by atoms with van der Waals surface area (Å²) in [5, 5.41) is 3.22. The second-order valence-electron chi connectivity index (χ2n) is 11.5. The fourth-order valence-electron chi connectivity index (χ4n) is 6.37. The predicted molar refractivity (Wildman–Crippen MR) is 152 cm³/mol. The fourth-order valence-corrected chi connectivity index (χ4v) is 6.37. The van der Waals surface area contributed by atoms with Crippen molar-refractivity contribution in [3.05, 3.63) is 53.6 Å². The lowest BCUT2D eigenvalue weighted by atomic mass is 9.77. The molecular weight excluding hydrogens is 533 g/mol. The first-order valence-electron chi connectivity index (χ1n) is 14.7. The quantitative estimate of drug-likeness (QED) is 0.523. The van der Waals surface area contributed by atoms with Gasteiger partial charge in [0, 0.05) is 49.7 Å². The summed E-state index contributed by atoms with van der Waals surface area (Å²) < 4.78 is 41.0. The molecule has 4 saturated heterocycles. The minimum absolute atomic E-state index is 0.125. The van der Waals surface area contributed by atoms with Gasteiger partial charge >= 0.3 is 6.36 Å². The smallest absolute Gasteiger partial charge is 0.406 e. The Hall–Kier alpha value is -3.27. The molecule has 4 aliphatic heterocycles. The molecule has 4 aliphatic rings. The Kier molecular flexibility index (Phi) is 8.77. The Morgan fingerprint density at radius 2 is 1.51 bits per heavy atom. The number of piperidine rings is 1. The van der Waals surface area contributed by atoms with Gasteiger partial charge in [-0.15, -0.1) is 13.2 Å². The van der Waals surface area contributed by atoms with Gasteiger partial charge in [-0.3, -0.25) is 9.59 Å². The standard InChI is InChI=1S/C27H30F3N3O3.C4H9N/c1-19-18-21(31-13-2-3-14-31)6-9-23(19)33-17-12-26(25(33)35)10-15-32(16-11-26)24(34)20-4-7-22(8-5-20)36-27(28,29)30;1-2-4-5-3-1/h4-9,18H,2-3,10-17H2,1H3;5H,1-4H2. The number of rotatable bonds is 4. The third-order valence-corrected chi connectivity index (χ3v) is 8.75. The Morgan fingerprint density at radius 1 is 0.878 bits per heavy atom. The van der Waals surface area contributed by atoms with Crippen molar-refractivity contribution in [1.82, 2.24) is 10.2 Å². The maximum absolute atomic E-state index is 13.6. The molecule has 0 radical (unpaired) electrons. The summed E-state index contributed by atoms with van der Waals surface area (Å²) >= 11 is 0. The van der Waals surface area contributed by atoms with Crippen LogP contribution >= 0.6 is 0 Å².